The third-order valence-corrected chi connectivity index (χ3v) is 6.16. The van der Waals surface area contributed by atoms with E-state index in [1.165, 1.54) is 25.7 Å². The van der Waals surface area contributed by atoms with Gasteiger partial charge in [-0.3, -0.25) is 10.00 Å². The van der Waals surface area contributed by atoms with Crippen molar-refractivity contribution in [3.8, 4) is 0 Å². The van der Waals surface area contributed by atoms with E-state index in [2.05, 4.69) is 5.32 Å². The Bertz CT molecular complexity index is 671. The highest BCUT2D eigenvalue weighted by Crippen LogP contribution is 2.46. The van der Waals surface area contributed by atoms with Gasteiger partial charge in [0.15, 0.2) is 0 Å². The van der Waals surface area contributed by atoms with Crippen LogP contribution in [0, 0.1) is 0 Å². The molecule has 3 aliphatic carbocycles. The number of amides is 1. The Morgan fingerprint density at radius 1 is 1.12 bits per heavy atom. The minimum absolute atomic E-state index is 0.380. The number of nitrogens with one attached hydrogen (secondary N) is 1. The lowest BCUT2D eigenvalue weighted by Crippen LogP contribution is -2.43. The molecular weight excluding hydrogens is 340 g/mol. The van der Waals surface area contributed by atoms with Gasteiger partial charge in [-0.1, -0.05) is 25.7 Å². The molecule has 5 nitrogen and oxygen atoms in total. The summed E-state index contributed by atoms with van der Waals surface area (Å²) < 4.78 is 32.8. The molecule has 0 saturated heterocycles. The Morgan fingerprint density at radius 3 is 2.35 bits per heavy atom. The summed E-state index contributed by atoms with van der Waals surface area (Å²) in [6.45, 7) is 0. The molecule has 3 fully saturated rings. The summed E-state index contributed by atoms with van der Waals surface area (Å²) in [5.41, 5.74) is 2.28. The summed E-state index contributed by atoms with van der Waals surface area (Å²) in [6.07, 6.45) is 7.37. The molecule has 1 aromatic heterocycles. The van der Waals surface area contributed by atoms with Crippen LogP contribution in [0.4, 0.5) is 19.4 Å². The first kappa shape index (κ1) is 17.7. The number of rotatable bonds is 4. The maximum Gasteiger partial charge on any atom is 0.413 e. The fourth-order valence-corrected chi connectivity index (χ4v) is 4.45. The van der Waals surface area contributed by atoms with Crippen molar-refractivity contribution in [1.82, 2.24) is 9.78 Å². The van der Waals surface area contributed by atoms with Crippen LogP contribution >= 0.6 is 0 Å². The quantitative estimate of drug-likeness (QED) is 0.807. The van der Waals surface area contributed by atoms with Crippen LogP contribution in [0.25, 0.3) is 0 Å². The maximum absolute atomic E-state index is 12.9. The molecule has 1 N–H and O–H groups in total. The molecule has 144 valence electrons. The average molecular weight is 367 g/mol. The van der Waals surface area contributed by atoms with Crippen LogP contribution in [0.15, 0.2) is 0 Å². The number of nitrogens with zero attached hydrogens (tertiary/aromatic N) is 2. The Morgan fingerprint density at radius 2 is 1.77 bits per heavy atom. The molecular formula is C19H27F2N3O2. The molecule has 0 spiro atoms. The van der Waals surface area contributed by atoms with E-state index >= 15 is 0 Å². The molecule has 0 bridgehead atoms. The highest BCUT2D eigenvalue weighted by molar-refractivity contribution is 5.85. The Labute approximate surface area is 152 Å². The summed E-state index contributed by atoms with van der Waals surface area (Å²) >= 11 is 0. The Hall–Kier alpha value is -1.66. The highest BCUT2D eigenvalue weighted by atomic mass is 19.3. The second kappa shape index (κ2) is 6.82. The van der Waals surface area contributed by atoms with E-state index in [0.29, 0.717) is 17.7 Å². The van der Waals surface area contributed by atoms with E-state index in [1.54, 1.807) is 4.68 Å². The molecule has 0 atom stereocenters. The molecule has 1 aromatic rings. The number of aryl methyl sites for hydroxylation is 1. The SMILES string of the molecule is Cn1nc(C2CCCCC2)c(C2CCC2)c1NC(=O)OC1CC(F)(F)C1. The lowest BCUT2D eigenvalue weighted by Gasteiger charge is -2.34. The third-order valence-electron chi connectivity index (χ3n) is 6.16. The zero-order valence-electron chi connectivity index (χ0n) is 15.3. The number of aromatic nitrogens is 2. The van der Waals surface area contributed by atoms with Gasteiger partial charge in [-0.05, 0) is 31.6 Å². The molecule has 4 rings (SSSR count). The van der Waals surface area contributed by atoms with Crippen LogP contribution in [0.2, 0.25) is 0 Å². The summed E-state index contributed by atoms with van der Waals surface area (Å²) in [4.78, 5) is 12.2. The fraction of sp³-hybridized carbons (Fsp3) is 0.789. The first-order valence-electron chi connectivity index (χ1n) is 9.85. The molecule has 0 radical (unpaired) electrons. The Balaban J connectivity index is 1.51. The smallest absolute Gasteiger partial charge is 0.413 e. The molecule has 1 amide bonds. The first-order chi connectivity index (χ1) is 12.4. The second-order valence-corrected chi connectivity index (χ2v) is 8.15. The number of halogens is 2. The summed E-state index contributed by atoms with van der Waals surface area (Å²) in [7, 11) is 1.83. The molecule has 26 heavy (non-hydrogen) atoms. The molecule has 0 unspecified atom stereocenters. The maximum atomic E-state index is 12.9. The Kier molecular flexibility index (Phi) is 4.65. The van der Waals surface area contributed by atoms with Gasteiger partial charge in [0.25, 0.3) is 5.92 Å². The van der Waals surface area contributed by atoms with Crippen molar-refractivity contribution in [1.29, 1.82) is 0 Å². The molecule has 1 heterocycles. The number of anilines is 1. The van der Waals surface area contributed by atoms with Gasteiger partial charge in [-0.15, -0.1) is 0 Å². The predicted octanol–water partition coefficient (Wildman–Crippen LogP) is 5.08. The lowest BCUT2D eigenvalue weighted by molar-refractivity contribution is -0.142. The van der Waals surface area contributed by atoms with Crippen molar-refractivity contribution in [2.75, 3.05) is 5.32 Å². The van der Waals surface area contributed by atoms with Crippen LogP contribution in [0.5, 0.6) is 0 Å². The molecule has 7 heteroatoms. The van der Waals surface area contributed by atoms with Crippen LogP contribution in [0.1, 0.15) is 87.3 Å². The van der Waals surface area contributed by atoms with E-state index < -0.39 is 18.1 Å². The van der Waals surface area contributed by atoms with Crippen molar-refractivity contribution in [3.63, 3.8) is 0 Å². The zero-order chi connectivity index (χ0) is 18.3. The van der Waals surface area contributed by atoms with E-state index in [4.69, 9.17) is 9.84 Å². The summed E-state index contributed by atoms with van der Waals surface area (Å²) in [5, 5.41) is 7.56. The van der Waals surface area contributed by atoms with E-state index in [9.17, 15) is 13.6 Å². The molecule has 3 saturated carbocycles. The van der Waals surface area contributed by atoms with Crippen molar-refractivity contribution in [2.24, 2.45) is 7.05 Å². The number of carbonyl (C=O) groups is 1. The van der Waals surface area contributed by atoms with Crippen LogP contribution in [-0.4, -0.2) is 27.9 Å². The largest absolute Gasteiger partial charge is 0.445 e. The average Bonchev–Trinajstić information content (AvgIpc) is 2.82. The van der Waals surface area contributed by atoms with Crippen molar-refractivity contribution < 1.29 is 18.3 Å². The van der Waals surface area contributed by atoms with Gasteiger partial charge in [0.05, 0.1) is 5.69 Å². The summed E-state index contributed by atoms with van der Waals surface area (Å²) in [6, 6.07) is 0. The van der Waals surface area contributed by atoms with Crippen molar-refractivity contribution in [3.05, 3.63) is 11.3 Å². The number of hydrogen-bond donors (Lipinski definition) is 1. The number of alkyl halides is 2. The number of carbonyl (C=O) groups excluding carboxylic acids is 1. The topological polar surface area (TPSA) is 56.2 Å². The number of hydrogen-bond acceptors (Lipinski definition) is 3. The van der Waals surface area contributed by atoms with E-state index in [-0.39, 0.29) is 12.8 Å². The van der Waals surface area contributed by atoms with Crippen molar-refractivity contribution >= 4 is 11.9 Å². The van der Waals surface area contributed by atoms with Crippen molar-refractivity contribution in [2.45, 2.75) is 88.1 Å². The minimum atomic E-state index is -2.69. The van der Waals surface area contributed by atoms with Gasteiger partial charge in [0.2, 0.25) is 0 Å². The minimum Gasteiger partial charge on any atom is -0.445 e. The monoisotopic (exact) mass is 367 g/mol. The molecule has 0 aromatic carbocycles. The standard InChI is InChI=1S/C19H27F2N3O2/c1-24-17(22-18(25)26-14-10-19(20,21)11-14)15(12-8-5-9-12)16(23-24)13-6-3-2-4-7-13/h12-14H,2-11H2,1H3,(H,22,25). The summed E-state index contributed by atoms with van der Waals surface area (Å²) in [5.74, 6) is -1.11. The van der Waals surface area contributed by atoms with Gasteiger partial charge in [0.1, 0.15) is 11.9 Å². The fourth-order valence-electron chi connectivity index (χ4n) is 4.45. The molecule has 0 aliphatic heterocycles. The zero-order valence-corrected chi connectivity index (χ0v) is 15.3. The molecule has 3 aliphatic rings. The highest BCUT2D eigenvalue weighted by Gasteiger charge is 2.47. The van der Waals surface area contributed by atoms with Gasteiger partial charge >= 0.3 is 6.09 Å². The van der Waals surface area contributed by atoms with Crippen LogP contribution in [0.3, 0.4) is 0 Å². The third kappa shape index (κ3) is 3.45. The number of ether oxygens (including phenoxy) is 1. The first-order valence-corrected chi connectivity index (χ1v) is 9.85. The van der Waals surface area contributed by atoms with Gasteiger partial charge in [-0.2, -0.15) is 5.10 Å². The van der Waals surface area contributed by atoms with Crippen LogP contribution < -0.4 is 5.32 Å². The lowest BCUT2D eigenvalue weighted by atomic mass is 9.76. The van der Waals surface area contributed by atoms with Crippen LogP contribution in [-0.2, 0) is 11.8 Å². The van der Waals surface area contributed by atoms with Gasteiger partial charge in [-0.25, -0.2) is 13.6 Å². The predicted molar refractivity (Wildman–Crippen MR) is 93.7 cm³/mol. The van der Waals surface area contributed by atoms with Gasteiger partial charge < -0.3 is 4.74 Å². The van der Waals surface area contributed by atoms with Gasteiger partial charge in [0, 0.05) is 31.4 Å². The van der Waals surface area contributed by atoms with E-state index in [0.717, 1.165) is 36.9 Å². The normalized spacial score (nSPS) is 24.0. The second-order valence-electron chi connectivity index (χ2n) is 8.15. The van der Waals surface area contributed by atoms with E-state index in [1.807, 2.05) is 7.05 Å².